The topological polar surface area (TPSA) is 21.3 Å². The predicted octanol–water partition coefficient (Wildman–Crippen LogP) is 3.04. The van der Waals surface area contributed by atoms with Crippen LogP contribution in [0.15, 0.2) is 24.3 Å². The molecule has 2 rings (SSSR count). The summed E-state index contributed by atoms with van der Waals surface area (Å²) >= 11 is 6.01. The Morgan fingerprint density at radius 1 is 1.53 bits per heavy atom. The van der Waals surface area contributed by atoms with Gasteiger partial charge in [-0.15, -0.1) is 0 Å². The zero-order valence-corrected chi connectivity index (χ0v) is 11.0. The van der Waals surface area contributed by atoms with Crippen LogP contribution in [0.1, 0.15) is 25.3 Å². The first-order chi connectivity index (χ1) is 8.29. The van der Waals surface area contributed by atoms with Gasteiger partial charge in [0.15, 0.2) is 0 Å². The standard InChI is InChI=1S/C14H20ClNO/c1-2-16-13(14-7-4-8-17-14)10-11-5-3-6-12(15)9-11/h3,5-6,9,13-14,16H,2,4,7-8,10H2,1H3/t13-,14-/m1/s1. The van der Waals surface area contributed by atoms with Crippen LogP contribution in [-0.4, -0.2) is 25.3 Å². The molecule has 1 N–H and O–H groups in total. The largest absolute Gasteiger partial charge is 0.377 e. The molecule has 3 heteroatoms. The zero-order chi connectivity index (χ0) is 12.1. The maximum Gasteiger partial charge on any atom is 0.0732 e. The quantitative estimate of drug-likeness (QED) is 0.871. The molecule has 2 nitrogen and oxygen atoms in total. The highest BCUT2D eigenvalue weighted by Crippen LogP contribution is 2.20. The van der Waals surface area contributed by atoms with Gasteiger partial charge < -0.3 is 10.1 Å². The summed E-state index contributed by atoms with van der Waals surface area (Å²) in [5.74, 6) is 0. The van der Waals surface area contributed by atoms with Crippen molar-refractivity contribution in [3.8, 4) is 0 Å². The third kappa shape index (κ3) is 3.70. The van der Waals surface area contributed by atoms with Gasteiger partial charge in [0.05, 0.1) is 6.10 Å². The van der Waals surface area contributed by atoms with E-state index in [0.29, 0.717) is 12.1 Å². The second-order valence-electron chi connectivity index (χ2n) is 4.55. The molecule has 0 spiro atoms. The van der Waals surface area contributed by atoms with E-state index in [1.807, 2.05) is 18.2 Å². The van der Waals surface area contributed by atoms with Gasteiger partial charge in [-0.3, -0.25) is 0 Å². The van der Waals surface area contributed by atoms with Crippen molar-refractivity contribution in [1.82, 2.24) is 5.32 Å². The molecule has 0 radical (unpaired) electrons. The summed E-state index contributed by atoms with van der Waals surface area (Å²) in [6.07, 6.45) is 3.69. The summed E-state index contributed by atoms with van der Waals surface area (Å²) in [5.41, 5.74) is 1.28. The van der Waals surface area contributed by atoms with E-state index in [0.717, 1.165) is 31.0 Å². The van der Waals surface area contributed by atoms with Crippen molar-refractivity contribution in [3.63, 3.8) is 0 Å². The van der Waals surface area contributed by atoms with Crippen LogP contribution in [0.2, 0.25) is 5.02 Å². The average molecular weight is 254 g/mol. The molecule has 17 heavy (non-hydrogen) atoms. The zero-order valence-electron chi connectivity index (χ0n) is 10.3. The molecule has 1 aliphatic heterocycles. The minimum Gasteiger partial charge on any atom is -0.377 e. The van der Waals surface area contributed by atoms with Gasteiger partial charge >= 0.3 is 0 Å². The van der Waals surface area contributed by atoms with Gasteiger partial charge in [0.1, 0.15) is 0 Å². The van der Waals surface area contributed by atoms with E-state index < -0.39 is 0 Å². The molecule has 0 amide bonds. The Morgan fingerprint density at radius 3 is 3.06 bits per heavy atom. The number of benzene rings is 1. The van der Waals surface area contributed by atoms with E-state index in [4.69, 9.17) is 16.3 Å². The molecule has 1 aromatic carbocycles. The number of ether oxygens (including phenoxy) is 1. The van der Waals surface area contributed by atoms with Crippen molar-refractivity contribution in [2.75, 3.05) is 13.2 Å². The van der Waals surface area contributed by atoms with Gasteiger partial charge in [-0.2, -0.15) is 0 Å². The van der Waals surface area contributed by atoms with E-state index in [9.17, 15) is 0 Å². The first-order valence-electron chi connectivity index (χ1n) is 6.39. The molecule has 2 atom stereocenters. The number of nitrogens with one attached hydrogen (secondary N) is 1. The van der Waals surface area contributed by atoms with E-state index in [2.05, 4.69) is 18.3 Å². The van der Waals surface area contributed by atoms with Gasteiger partial charge in [-0.25, -0.2) is 0 Å². The smallest absolute Gasteiger partial charge is 0.0732 e. The number of halogens is 1. The van der Waals surface area contributed by atoms with Crippen molar-refractivity contribution in [3.05, 3.63) is 34.9 Å². The molecule has 94 valence electrons. The SMILES string of the molecule is CCN[C@H](Cc1cccc(Cl)c1)[C@H]1CCCO1. The van der Waals surface area contributed by atoms with Crippen molar-refractivity contribution < 1.29 is 4.74 Å². The summed E-state index contributed by atoms with van der Waals surface area (Å²) in [6, 6.07) is 8.50. The van der Waals surface area contributed by atoms with Crippen LogP contribution in [0.4, 0.5) is 0 Å². The van der Waals surface area contributed by atoms with Crippen molar-refractivity contribution in [1.29, 1.82) is 0 Å². The summed E-state index contributed by atoms with van der Waals surface area (Å²) in [4.78, 5) is 0. The Hall–Kier alpha value is -0.570. The minimum absolute atomic E-state index is 0.355. The summed E-state index contributed by atoms with van der Waals surface area (Å²) in [5, 5.41) is 4.33. The Labute approximate surface area is 108 Å². The van der Waals surface area contributed by atoms with Crippen LogP contribution in [0.25, 0.3) is 0 Å². The van der Waals surface area contributed by atoms with Crippen LogP contribution in [0.5, 0.6) is 0 Å². The lowest BCUT2D eigenvalue weighted by atomic mass is 9.99. The monoisotopic (exact) mass is 253 g/mol. The lowest BCUT2D eigenvalue weighted by Gasteiger charge is -2.24. The average Bonchev–Trinajstić information content (AvgIpc) is 2.82. The second kappa shape index (κ2) is 6.39. The fourth-order valence-corrected chi connectivity index (χ4v) is 2.65. The molecular weight excluding hydrogens is 234 g/mol. The maximum absolute atomic E-state index is 6.01. The van der Waals surface area contributed by atoms with Gasteiger partial charge in [-0.05, 0) is 43.5 Å². The molecule has 0 aliphatic carbocycles. The molecule has 0 unspecified atom stereocenters. The van der Waals surface area contributed by atoms with E-state index in [1.54, 1.807) is 0 Å². The lowest BCUT2D eigenvalue weighted by Crippen LogP contribution is -2.41. The van der Waals surface area contributed by atoms with E-state index in [1.165, 1.54) is 12.0 Å². The fraction of sp³-hybridized carbons (Fsp3) is 0.571. The van der Waals surface area contributed by atoms with Gasteiger partial charge in [-0.1, -0.05) is 30.7 Å². The highest BCUT2D eigenvalue weighted by Gasteiger charge is 2.25. The van der Waals surface area contributed by atoms with Crippen molar-refractivity contribution in [2.45, 2.75) is 38.3 Å². The summed E-state index contributed by atoms with van der Waals surface area (Å²) < 4.78 is 5.77. The number of hydrogen-bond donors (Lipinski definition) is 1. The molecule has 1 heterocycles. The molecule has 0 bridgehead atoms. The third-order valence-electron chi connectivity index (χ3n) is 3.22. The molecule has 1 fully saturated rings. The summed E-state index contributed by atoms with van der Waals surface area (Å²) in [7, 11) is 0. The predicted molar refractivity (Wildman–Crippen MR) is 71.6 cm³/mol. The van der Waals surface area contributed by atoms with Crippen LogP contribution >= 0.6 is 11.6 Å². The van der Waals surface area contributed by atoms with Crippen LogP contribution in [0.3, 0.4) is 0 Å². The van der Waals surface area contributed by atoms with Crippen LogP contribution in [-0.2, 0) is 11.2 Å². The van der Waals surface area contributed by atoms with Crippen molar-refractivity contribution >= 4 is 11.6 Å². The molecular formula is C14H20ClNO. The molecule has 0 saturated carbocycles. The van der Waals surface area contributed by atoms with Crippen LogP contribution < -0.4 is 5.32 Å². The van der Waals surface area contributed by atoms with Gasteiger partial charge in [0.25, 0.3) is 0 Å². The fourth-order valence-electron chi connectivity index (χ4n) is 2.44. The Morgan fingerprint density at radius 2 is 2.41 bits per heavy atom. The summed E-state index contributed by atoms with van der Waals surface area (Å²) in [6.45, 7) is 4.02. The minimum atomic E-state index is 0.355. The van der Waals surface area contributed by atoms with E-state index >= 15 is 0 Å². The lowest BCUT2D eigenvalue weighted by molar-refractivity contribution is 0.0789. The van der Waals surface area contributed by atoms with Crippen LogP contribution in [0, 0.1) is 0 Å². The Kier molecular flexibility index (Phi) is 4.84. The van der Waals surface area contributed by atoms with Gasteiger partial charge in [0.2, 0.25) is 0 Å². The van der Waals surface area contributed by atoms with E-state index in [-0.39, 0.29) is 0 Å². The molecule has 1 saturated heterocycles. The molecule has 1 aromatic rings. The molecule has 1 aliphatic rings. The third-order valence-corrected chi connectivity index (χ3v) is 3.46. The Bertz CT molecular complexity index is 350. The van der Waals surface area contributed by atoms with Gasteiger partial charge in [0, 0.05) is 17.7 Å². The maximum atomic E-state index is 6.01. The first kappa shape index (κ1) is 12.9. The highest BCUT2D eigenvalue weighted by atomic mass is 35.5. The number of rotatable bonds is 5. The Balaban J connectivity index is 2.01. The number of hydrogen-bond acceptors (Lipinski definition) is 2. The molecule has 0 aromatic heterocycles. The second-order valence-corrected chi connectivity index (χ2v) is 4.99. The first-order valence-corrected chi connectivity index (χ1v) is 6.77. The van der Waals surface area contributed by atoms with Crippen molar-refractivity contribution in [2.24, 2.45) is 0 Å². The number of likely N-dealkylation sites (N-methyl/N-ethyl adjacent to an activating group) is 1. The normalized spacial score (nSPS) is 21.6. The highest BCUT2D eigenvalue weighted by molar-refractivity contribution is 6.30.